The van der Waals surface area contributed by atoms with E-state index in [0.29, 0.717) is 41.0 Å². The van der Waals surface area contributed by atoms with Gasteiger partial charge in [-0.3, -0.25) is 9.20 Å². The molecule has 0 saturated heterocycles. The Morgan fingerprint density at radius 2 is 1.96 bits per heavy atom. The molecule has 1 aromatic carbocycles. The average Bonchev–Trinajstić information content (AvgIpc) is 2.71. The van der Waals surface area contributed by atoms with Gasteiger partial charge in [0, 0.05) is 12.7 Å². The molecule has 0 aliphatic rings. The number of aromatic nitrogens is 2. The minimum Gasteiger partial charge on any atom is -0.497 e. The number of fused-ring (bicyclic) bond motifs is 2. The molecule has 0 atom stereocenters. The van der Waals surface area contributed by atoms with Crippen molar-refractivity contribution in [3.63, 3.8) is 0 Å². The van der Waals surface area contributed by atoms with Gasteiger partial charge in [0.25, 0.3) is 5.56 Å². The van der Waals surface area contributed by atoms with Crippen LogP contribution in [0, 0.1) is 0 Å². The fourth-order valence-electron chi connectivity index (χ4n) is 2.92. The van der Waals surface area contributed by atoms with Crippen LogP contribution < -0.4 is 10.3 Å². The third-order valence-electron chi connectivity index (χ3n) is 4.59. The average molecular weight is 369 g/mol. The molecule has 0 spiro atoms. The molecule has 0 N–H and O–H groups in total. The molecule has 0 amide bonds. The zero-order valence-electron chi connectivity index (χ0n) is 15.8. The minimum atomic E-state index is -0.457. The Hall–Kier alpha value is -2.93. The van der Waals surface area contributed by atoms with Crippen molar-refractivity contribution < 1.29 is 14.3 Å². The molecular formula is C20H23N3O4. The van der Waals surface area contributed by atoms with Crippen molar-refractivity contribution in [3.05, 3.63) is 52.4 Å². The first-order valence-electron chi connectivity index (χ1n) is 8.97. The number of rotatable bonds is 7. The van der Waals surface area contributed by atoms with Gasteiger partial charge in [-0.05, 0) is 43.4 Å². The molecule has 3 rings (SSSR count). The quantitative estimate of drug-likeness (QED) is 0.470. The van der Waals surface area contributed by atoms with Gasteiger partial charge in [0.1, 0.15) is 18.0 Å². The van der Waals surface area contributed by atoms with Gasteiger partial charge in [0.15, 0.2) is 0 Å². The van der Waals surface area contributed by atoms with E-state index < -0.39 is 5.97 Å². The molecule has 2 aromatic heterocycles. The lowest BCUT2D eigenvalue weighted by Crippen LogP contribution is -2.28. The molecule has 3 aromatic rings. The number of hydrogen-bond acceptors (Lipinski definition) is 6. The number of likely N-dealkylation sites (N-methyl/N-ethyl adjacent to an activating group) is 1. The number of carbonyl (C=O) groups is 1. The van der Waals surface area contributed by atoms with Gasteiger partial charge in [-0.15, -0.1) is 0 Å². The summed E-state index contributed by atoms with van der Waals surface area (Å²) in [4.78, 5) is 31.8. The molecule has 0 aliphatic carbocycles. The minimum absolute atomic E-state index is 0.258. The number of nitrogens with zero attached hydrogens (tertiary/aromatic N) is 3. The highest BCUT2D eigenvalue weighted by Gasteiger charge is 2.12. The van der Waals surface area contributed by atoms with Crippen molar-refractivity contribution in [3.8, 4) is 5.75 Å². The predicted molar refractivity (Wildman–Crippen MR) is 104 cm³/mol. The Balaban J connectivity index is 1.89. The van der Waals surface area contributed by atoms with Crippen LogP contribution in [0.3, 0.4) is 0 Å². The zero-order valence-corrected chi connectivity index (χ0v) is 15.8. The molecule has 7 heteroatoms. The van der Waals surface area contributed by atoms with E-state index in [-0.39, 0.29) is 5.56 Å². The molecule has 0 fully saturated rings. The highest BCUT2D eigenvalue weighted by atomic mass is 16.5. The molecule has 7 nitrogen and oxygen atoms in total. The highest BCUT2D eigenvalue weighted by molar-refractivity contribution is 5.90. The molecule has 142 valence electrons. The third-order valence-corrected chi connectivity index (χ3v) is 4.59. The van der Waals surface area contributed by atoms with Gasteiger partial charge >= 0.3 is 5.97 Å². The van der Waals surface area contributed by atoms with Crippen LogP contribution >= 0.6 is 0 Å². The SMILES string of the molecule is CCN(CC)CCOC(=O)c1ccc2nc3ccc(OC)cc3c(=O)n2c1. The van der Waals surface area contributed by atoms with Gasteiger partial charge in [0.05, 0.1) is 23.6 Å². The summed E-state index contributed by atoms with van der Waals surface area (Å²) >= 11 is 0. The van der Waals surface area contributed by atoms with E-state index in [0.717, 1.165) is 13.1 Å². The Labute approximate surface area is 157 Å². The lowest BCUT2D eigenvalue weighted by Gasteiger charge is -2.17. The molecule has 0 radical (unpaired) electrons. The molecular weight excluding hydrogens is 346 g/mol. The second kappa shape index (κ2) is 8.18. The van der Waals surface area contributed by atoms with E-state index in [4.69, 9.17) is 9.47 Å². The molecule has 0 unspecified atom stereocenters. The second-order valence-electron chi connectivity index (χ2n) is 6.11. The first-order valence-corrected chi connectivity index (χ1v) is 8.97. The maximum absolute atomic E-state index is 12.8. The summed E-state index contributed by atoms with van der Waals surface area (Å²) in [6.07, 6.45) is 1.48. The van der Waals surface area contributed by atoms with E-state index in [1.165, 1.54) is 10.6 Å². The Morgan fingerprint density at radius 3 is 2.67 bits per heavy atom. The van der Waals surface area contributed by atoms with Crippen LogP contribution in [-0.4, -0.2) is 53.6 Å². The molecule has 0 bridgehead atoms. The normalized spacial score (nSPS) is 11.3. The van der Waals surface area contributed by atoms with Crippen LogP contribution in [0.4, 0.5) is 0 Å². The zero-order chi connectivity index (χ0) is 19.4. The third kappa shape index (κ3) is 3.93. The van der Waals surface area contributed by atoms with E-state index in [1.807, 2.05) is 0 Å². The summed E-state index contributed by atoms with van der Waals surface area (Å²) in [5, 5.41) is 0.430. The number of carbonyl (C=O) groups excluding carboxylic acids is 1. The number of esters is 1. The summed E-state index contributed by atoms with van der Waals surface area (Å²) in [5.41, 5.74) is 1.10. The maximum Gasteiger partial charge on any atom is 0.339 e. The predicted octanol–water partition coefficient (Wildman–Crippen LogP) is 2.35. The fourth-order valence-corrected chi connectivity index (χ4v) is 2.92. The Kier molecular flexibility index (Phi) is 5.71. The van der Waals surface area contributed by atoms with E-state index in [2.05, 4.69) is 23.7 Å². The Morgan fingerprint density at radius 1 is 1.19 bits per heavy atom. The van der Waals surface area contributed by atoms with Crippen molar-refractivity contribution >= 4 is 22.5 Å². The lowest BCUT2D eigenvalue weighted by molar-refractivity contribution is 0.0466. The first-order chi connectivity index (χ1) is 13.1. The van der Waals surface area contributed by atoms with E-state index >= 15 is 0 Å². The van der Waals surface area contributed by atoms with E-state index in [1.54, 1.807) is 37.4 Å². The van der Waals surface area contributed by atoms with Crippen molar-refractivity contribution in [2.45, 2.75) is 13.8 Å². The topological polar surface area (TPSA) is 73.1 Å². The number of methoxy groups -OCH3 is 1. The summed E-state index contributed by atoms with van der Waals surface area (Å²) in [7, 11) is 1.54. The number of benzene rings is 1. The highest BCUT2D eigenvalue weighted by Crippen LogP contribution is 2.17. The van der Waals surface area contributed by atoms with Crippen molar-refractivity contribution in [1.29, 1.82) is 0 Å². The van der Waals surface area contributed by atoms with Gasteiger partial charge in [0.2, 0.25) is 0 Å². The van der Waals surface area contributed by atoms with Crippen LogP contribution in [0.25, 0.3) is 16.6 Å². The van der Waals surface area contributed by atoms with Crippen LogP contribution in [0.15, 0.2) is 41.3 Å². The van der Waals surface area contributed by atoms with Crippen LogP contribution in [-0.2, 0) is 4.74 Å². The second-order valence-corrected chi connectivity index (χ2v) is 6.11. The summed E-state index contributed by atoms with van der Waals surface area (Å²) < 4.78 is 11.9. The van der Waals surface area contributed by atoms with Crippen molar-refractivity contribution in [2.75, 3.05) is 33.4 Å². The maximum atomic E-state index is 12.8. The first kappa shape index (κ1) is 18.8. The van der Waals surface area contributed by atoms with E-state index in [9.17, 15) is 9.59 Å². The summed E-state index contributed by atoms with van der Waals surface area (Å²) in [6.45, 7) is 6.92. The molecule has 2 heterocycles. The van der Waals surface area contributed by atoms with Crippen LogP contribution in [0.2, 0.25) is 0 Å². The van der Waals surface area contributed by atoms with Crippen LogP contribution in [0.5, 0.6) is 5.75 Å². The largest absolute Gasteiger partial charge is 0.497 e. The Bertz CT molecular complexity index is 1020. The van der Waals surface area contributed by atoms with Crippen molar-refractivity contribution in [2.24, 2.45) is 0 Å². The van der Waals surface area contributed by atoms with Crippen molar-refractivity contribution in [1.82, 2.24) is 14.3 Å². The number of ether oxygens (including phenoxy) is 2. The fraction of sp³-hybridized carbons (Fsp3) is 0.350. The summed E-state index contributed by atoms with van der Waals surface area (Å²) in [5.74, 6) is 0.120. The van der Waals surface area contributed by atoms with Gasteiger partial charge < -0.3 is 14.4 Å². The molecule has 27 heavy (non-hydrogen) atoms. The summed E-state index contributed by atoms with van der Waals surface area (Å²) in [6, 6.07) is 8.41. The monoisotopic (exact) mass is 369 g/mol. The molecule has 0 saturated carbocycles. The van der Waals surface area contributed by atoms with Gasteiger partial charge in [-0.2, -0.15) is 0 Å². The smallest absolute Gasteiger partial charge is 0.339 e. The lowest BCUT2D eigenvalue weighted by atomic mass is 10.2. The number of hydrogen-bond donors (Lipinski definition) is 0. The standard InChI is InChI=1S/C20H23N3O4/c1-4-22(5-2)10-11-27-20(25)14-6-9-18-21-17-8-7-15(26-3)12-16(17)19(24)23(18)13-14/h6-9,12-13H,4-5,10-11H2,1-3H3. The van der Waals surface area contributed by atoms with Crippen LogP contribution in [0.1, 0.15) is 24.2 Å². The number of pyridine rings is 1. The molecule has 0 aliphatic heterocycles. The van der Waals surface area contributed by atoms with Gasteiger partial charge in [-0.1, -0.05) is 13.8 Å². The van der Waals surface area contributed by atoms with Gasteiger partial charge in [-0.25, -0.2) is 9.78 Å².